The molecule has 0 spiro atoms. The average Bonchev–Trinajstić information content (AvgIpc) is 2.60. The second-order valence-electron chi connectivity index (χ2n) is 9.41. The summed E-state index contributed by atoms with van der Waals surface area (Å²) in [4.78, 5) is 27.0. The van der Waals surface area contributed by atoms with Crippen molar-refractivity contribution in [3.8, 4) is 0 Å². The van der Waals surface area contributed by atoms with Crippen molar-refractivity contribution >= 4 is 11.9 Å². The van der Waals surface area contributed by atoms with Crippen molar-refractivity contribution in [1.29, 1.82) is 0 Å². The van der Waals surface area contributed by atoms with Crippen LogP contribution in [0.1, 0.15) is 52.7 Å². The fourth-order valence-corrected chi connectivity index (χ4v) is 3.07. The molecule has 0 saturated carbocycles. The number of esters is 2. The third-order valence-electron chi connectivity index (χ3n) is 4.28. The van der Waals surface area contributed by atoms with Crippen molar-refractivity contribution in [2.75, 3.05) is 0 Å². The zero-order valence-corrected chi connectivity index (χ0v) is 18.3. The average molecular weight is 397 g/mol. The molecule has 4 heteroatoms. The topological polar surface area (TPSA) is 52.6 Å². The van der Waals surface area contributed by atoms with Crippen LogP contribution in [0, 0.1) is 5.41 Å². The minimum atomic E-state index is -1.48. The van der Waals surface area contributed by atoms with Crippen LogP contribution in [0.25, 0.3) is 0 Å². The molecule has 0 aliphatic carbocycles. The van der Waals surface area contributed by atoms with E-state index in [1.54, 1.807) is 41.5 Å². The highest BCUT2D eigenvalue weighted by Crippen LogP contribution is 2.34. The number of carbonyl (C=O) groups excluding carboxylic acids is 2. The van der Waals surface area contributed by atoms with E-state index in [1.165, 1.54) is 0 Å². The van der Waals surface area contributed by atoms with E-state index in [9.17, 15) is 9.59 Å². The third kappa shape index (κ3) is 6.74. The second kappa shape index (κ2) is 8.81. The minimum absolute atomic E-state index is 0.201. The second-order valence-corrected chi connectivity index (χ2v) is 9.41. The van der Waals surface area contributed by atoms with E-state index in [2.05, 4.69) is 0 Å². The number of benzene rings is 2. The smallest absolute Gasteiger partial charge is 0.324 e. The fourth-order valence-electron chi connectivity index (χ4n) is 3.07. The first-order chi connectivity index (χ1) is 13.4. The first kappa shape index (κ1) is 22.7. The van der Waals surface area contributed by atoms with Crippen LogP contribution >= 0.6 is 0 Å². The van der Waals surface area contributed by atoms with Crippen molar-refractivity contribution in [3.63, 3.8) is 0 Å². The zero-order chi connectivity index (χ0) is 21.7. The highest BCUT2D eigenvalue weighted by atomic mass is 16.6. The lowest BCUT2D eigenvalue weighted by Crippen LogP contribution is -2.49. The van der Waals surface area contributed by atoms with Gasteiger partial charge in [-0.3, -0.25) is 9.59 Å². The monoisotopic (exact) mass is 396 g/mol. The Labute approximate surface area is 174 Å². The first-order valence-corrected chi connectivity index (χ1v) is 9.96. The molecule has 0 radical (unpaired) electrons. The van der Waals surface area contributed by atoms with Crippen LogP contribution in [-0.4, -0.2) is 23.1 Å². The number of hydrogen-bond acceptors (Lipinski definition) is 4. The lowest BCUT2D eigenvalue weighted by molar-refractivity contribution is -0.185. The van der Waals surface area contributed by atoms with Crippen LogP contribution < -0.4 is 0 Å². The lowest BCUT2D eigenvalue weighted by atomic mass is 9.76. The number of rotatable bonds is 6. The Morgan fingerprint density at radius 2 is 0.931 bits per heavy atom. The Bertz CT molecular complexity index is 740. The summed E-state index contributed by atoms with van der Waals surface area (Å²) in [6.45, 7) is 10.8. The maximum atomic E-state index is 13.5. The van der Waals surface area contributed by atoms with Gasteiger partial charge in [0.05, 0.1) is 0 Å². The van der Waals surface area contributed by atoms with Gasteiger partial charge in [0, 0.05) is 0 Å². The normalized spacial score (nSPS) is 12.3. The van der Waals surface area contributed by atoms with Crippen molar-refractivity contribution < 1.29 is 19.1 Å². The van der Waals surface area contributed by atoms with E-state index in [0.29, 0.717) is 0 Å². The number of carbonyl (C=O) groups is 2. The van der Waals surface area contributed by atoms with Gasteiger partial charge in [-0.2, -0.15) is 0 Å². The Morgan fingerprint density at radius 3 is 1.21 bits per heavy atom. The summed E-state index contributed by atoms with van der Waals surface area (Å²) in [6.07, 6.45) is 0.402. The number of ether oxygens (including phenoxy) is 2. The molecule has 0 fully saturated rings. The minimum Gasteiger partial charge on any atom is -0.459 e. The van der Waals surface area contributed by atoms with Gasteiger partial charge in [0.1, 0.15) is 11.2 Å². The van der Waals surface area contributed by atoms with Crippen LogP contribution in [0.3, 0.4) is 0 Å². The molecule has 0 amide bonds. The lowest BCUT2D eigenvalue weighted by Gasteiger charge is -2.35. The van der Waals surface area contributed by atoms with Gasteiger partial charge in [-0.05, 0) is 65.5 Å². The summed E-state index contributed by atoms with van der Waals surface area (Å²) >= 11 is 0. The van der Waals surface area contributed by atoms with Gasteiger partial charge in [-0.1, -0.05) is 60.7 Å². The molecule has 0 bridgehead atoms. The summed E-state index contributed by atoms with van der Waals surface area (Å²) in [5.41, 5.74) is -1.18. The predicted octanol–water partition coefficient (Wildman–Crippen LogP) is 5.14. The zero-order valence-electron chi connectivity index (χ0n) is 18.3. The molecular weight excluding hydrogens is 364 g/mol. The molecule has 0 atom stereocenters. The van der Waals surface area contributed by atoms with Gasteiger partial charge in [-0.15, -0.1) is 0 Å². The summed E-state index contributed by atoms with van der Waals surface area (Å²) in [6, 6.07) is 19.0. The van der Waals surface area contributed by atoms with Gasteiger partial charge in [-0.25, -0.2) is 0 Å². The van der Waals surface area contributed by atoms with E-state index in [0.717, 1.165) is 11.1 Å². The standard InChI is InChI=1S/C25H32O4/c1-23(2,3)28-21(26)25(22(27)29-24(4,5)6,17-19-13-9-7-10-14-19)18-20-15-11-8-12-16-20/h7-16H,17-18H2,1-6H3. The largest absolute Gasteiger partial charge is 0.459 e. The van der Waals surface area contributed by atoms with E-state index < -0.39 is 28.6 Å². The maximum absolute atomic E-state index is 13.5. The molecule has 0 unspecified atom stereocenters. The molecule has 2 rings (SSSR count). The van der Waals surface area contributed by atoms with Crippen LogP contribution in [0.4, 0.5) is 0 Å². The highest BCUT2D eigenvalue weighted by Gasteiger charge is 2.51. The van der Waals surface area contributed by atoms with Crippen molar-refractivity contribution in [2.45, 2.75) is 65.6 Å². The third-order valence-corrected chi connectivity index (χ3v) is 4.28. The van der Waals surface area contributed by atoms with Crippen LogP contribution in [0.2, 0.25) is 0 Å². The molecule has 2 aromatic rings. The molecule has 0 heterocycles. The van der Waals surface area contributed by atoms with E-state index in [1.807, 2.05) is 60.7 Å². The Kier molecular flexibility index (Phi) is 6.89. The van der Waals surface area contributed by atoms with Crippen molar-refractivity contribution in [3.05, 3.63) is 71.8 Å². The Balaban J connectivity index is 2.57. The highest BCUT2D eigenvalue weighted by molar-refractivity contribution is 6.01. The van der Waals surface area contributed by atoms with Crippen LogP contribution in [0.15, 0.2) is 60.7 Å². The fraction of sp³-hybridized carbons (Fsp3) is 0.440. The summed E-state index contributed by atoms with van der Waals surface area (Å²) in [5, 5.41) is 0. The van der Waals surface area contributed by atoms with Gasteiger partial charge < -0.3 is 9.47 Å². The summed E-state index contributed by atoms with van der Waals surface area (Å²) < 4.78 is 11.5. The van der Waals surface area contributed by atoms with Crippen LogP contribution in [0.5, 0.6) is 0 Å². The number of hydrogen-bond donors (Lipinski definition) is 0. The maximum Gasteiger partial charge on any atom is 0.324 e. The van der Waals surface area contributed by atoms with Gasteiger partial charge >= 0.3 is 11.9 Å². The van der Waals surface area contributed by atoms with Gasteiger partial charge in [0.25, 0.3) is 0 Å². The molecule has 0 aliphatic heterocycles. The molecule has 29 heavy (non-hydrogen) atoms. The van der Waals surface area contributed by atoms with E-state index in [4.69, 9.17) is 9.47 Å². The molecule has 2 aromatic carbocycles. The Hall–Kier alpha value is -2.62. The van der Waals surface area contributed by atoms with Crippen molar-refractivity contribution in [1.82, 2.24) is 0 Å². The van der Waals surface area contributed by atoms with Gasteiger partial charge in [0.2, 0.25) is 0 Å². The SMILES string of the molecule is CC(C)(C)OC(=O)C(Cc1ccccc1)(Cc1ccccc1)C(=O)OC(C)(C)C. The molecule has 0 N–H and O–H groups in total. The quantitative estimate of drug-likeness (QED) is 0.501. The van der Waals surface area contributed by atoms with Crippen LogP contribution in [-0.2, 0) is 31.9 Å². The predicted molar refractivity (Wildman–Crippen MR) is 114 cm³/mol. The molecule has 0 saturated heterocycles. The molecule has 156 valence electrons. The summed E-state index contributed by atoms with van der Waals surface area (Å²) in [7, 11) is 0. The van der Waals surface area contributed by atoms with E-state index in [-0.39, 0.29) is 12.8 Å². The first-order valence-electron chi connectivity index (χ1n) is 9.96. The van der Waals surface area contributed by atoms with E-state index >= 15 is 0 Å². The molecule has 0 aliphatic rings. The van der Waals surface area contributed by atoms with Crippen molar-refractivity contribution in [2.24, 2.45) is 5.41 Å². The van der Waals surface area contributed by atoms with Gasteiger partial charge in [0.15, 0.2) is 5.41 Å². The summed E-state index contributed by atoms with van der Waals surface area (Å²) in [5.74, 6) is -1.13. The molecule has 4 nitrogen and oxygen atoms in total. The Morgan fingerprint density at radius 1 is 0.621 bits per heavy atom. The molecular formula is C25H32O4. The molecule has 0 aromatic heterocycles.